The maximum Gasteiger partial charge on any atom is 0.221 e. The van der Waals surface area contributed by atoms with E-state index >= 15 is 0 Å². The van der Waals surface area contributed by atoms with Gasteiger partial charge >= 0.3 is 0 Å². The Labute approximate surface area is 143 Å². The number of nitrogens with one attached hydrogen (secondary N) is 1. The lowest BCUT2D eigenvalue weighted by molar-refractivity contribution is -0.122. The number of nitrogens with zero attached hydrogens (tertiary/aromatic N) is 3. The van der Waals surface area contributed by atoms with Crippen LogP contribution in [0.5, 0.6) is 0 Å². The molecule has 0 saturated carbocycles. The number of carbonyl (C=O) groups is 1. The highest BCUT2D eigenvalue weighted by molar-refractivity contribution is 5.76. The summed E-state index contributed by atoms with van der Waals surface area (Å²) in [5.41, 5.74) is 1.14. The zero-order chi connectivity index (χ0) is 16.8. The Balaban J connectivity index is 1.45. The molecular weight excluding hydrogens is 300 g/mol. The monoisotopic (exact) mass is 326 g/mol. The lowest BCUT2D eigenvalue weighted by Crippen LogP contribution is -2.37. The Kier molecular flexibility index (Phi) is 5.64. The van der Waals surface area contributed by atoms with Gasteiger partial charge in [0.15, 0.2) is 0 Å². The molecule has 1 aliphatic rings. The van der Waals surface area contributed by atoms with Crippen LogP contribution < -0.4 is 5.32 Å². The van der Waals surface area contributed by atoms with Crippen LogP contribution in [0, 0.1) is 0 Å². The molecule has 0 bridgehead atoms. The fourth-order valence-corrected chi connectivity index (χ4v) is 3.40. The average molecular weight is 326 g/mol. The summed E-state index contributed by atoms with van der Waals surface area (Å²) in [5, 5.41) is 7.39. The number of hydrogen-bond donors (Lipinski definition) is 1. The summed E-state index contributed by atoms with van der Waals surface area (Å²) in [5.74, 6) is 0.121. The Morgan fingerprint density at radius 3 is 2.92 bits per heavy atom. The first-order valence-electron chi connectivity index (χ1n) is 8.78. The molecule has 1 N–H and O–H groups in total. The number of hydrogen-bond acceptors (Lipinski definition) is 3. The van der Waals surface area contributed by atoms with Gasteiger partial charge in [0.05, 0.1) is 12.6 Å². The average Bonchev–Trinajstić information content (AvgIpc) is 3.26. The molecule has 0 radical (unpaired) electrons. The highest BCUT2D eigenvalue weighted by Gasteiger charge is 2.25. The molecule has 0 spiro atoms. The first-order chi connectivity index (χ1) is 11.7. The minimum Gasteiger partial charge on any atom is -0.350 e. The fraction of sp³-hybridized carbons (Fsp3) is 0.474. The van der Waals surface area contributed by atoms with Crippen molar-refractivity contribution in [1.82, 2.24) is 20.0 Å². The molecule has 1 aromatic heterocycles. The third kappa shape index (κ3) is 4.45. The van der Waals surface area contributed by atoms with Crippen molar-refractivity contribution in [3.63, 3.8) is 0 Å². The predicted octanol–water partition coefficient (Wildman–Crippen LogP) is 2.62. The van der Waals surface area contributed by atoms with Gasteiger partial charge in [-0.3, -0.25) is 14.4 Å². The minimum absolute atomic E-state index is 0.0529. The summed E-state index contributed by atoms with van der Waals surface area (Å²) in [7, 11) is 0. The van der Waals surface area contributed by atoms with Gasteiger partial charge < -0.3 is 5.32 Å². The smallest absolute Gasteiger partial charge is 0.221 e. The maximum absolute atomic E-state index is 12.3. The first-order valence-corrected chi connectivity index (χ1v) is 8.78. The second kappa shape index (κ2) is 8.11. The van der Waals surface area contributed by atoms with Crippen molar-refractivity contribution < 1.29 is 4.79 Å². The van der Waals surface area contributed by atoms with Gasteiger partial charge in [-0.25, -0.2) is 0 Å². The molecule has 5 heteroatoms. The van der Waals surface area contributed by atoms with Crippen LogP contribution >= 0.6 is 0 Å². The van der Waals surface area contributed by atoms with Gasteiger partial charge in [-0.2, -0.15) is 5.10 Å². The molecule has 128 valence electrons. The SMILES string of the molecule is C[C@@H](NC(=O)CCN1CCC[C@@H]1Cn1cccn1)c1ccccc1. The molecule has 2 aromatic rings. The largest absolute Gasteiger partial charge is 0.350 e. The summed E-state index contributed by atoms with van der Waals surface area (Å²) in [6, 6.07) is 12.6. The van der Waals surface area contributed by atoms with Crippen molar-refractivity contribution in [3.05, 3.63) is 54.4 Å². The van der Waals surface area contributed by atoms with Gasteiger partial charge in [0.2, 0.25) is 5.91 Å². The van der Waals surface area contributed by atoms with Crippen molar-refractivity contribution in [1.29, 1.82) is 0 Å². The zero-order valence-corrected chi connectivity index (χ0v) is 14.3. The molecule has 1 aliphatic heterocycles. The van der Waals surface area contributed by atoms with Crippen molar-refractivity contribution in [2.24, 2.45) is 0 Å². The van der Waals surface area contributed by atoms with Crippen LogP contribution in [0.15, 0.2) is 48.8 Å². The number of benzene rings is 1. The van der Waals surface area contributed by atoms with E-state index in [0.717, 1.165) is 25.2 Å². The Hall–Kier alpha value is -2.14. The van der Waals surface area contributed by atoms with Crippen LogP contribution in [0.2, 0.25) is 0 Å². The summed E-state index contributed by atoms with van der Waals surface area (Å²) in [6.07, 6.45) is 6.76. The number of aromatic nitrogens is 2. The van der Waals surface area contributed by atoms with Gasteiger partial charge in [0, 0.05) is 31.4 Å². The van der Waals surface area contributed by atoms with Crippen molar-refractivity contribution >= 4 is 5.91 Å². The third-order valence-electron chi connectivity index (χ3n) is 4.76. The van der Waals surface area contributed by atoms with Gasteiger partial charge in [-0.1, -0.05) is 30.3 Å². The Bertz CT molecular complexity index is 626. The van der Waals surface area contributed by atoms with E-state index in [2.05, 4.69) is 15.3 Å². The van der Waals surface area contributed by atoms with Gasteiger partial charge in [0.25, 0.3) is 0 Å². The van der Waals surface area contributed by atoms with Crippen LogP contribution in [0.4, 0.5) is 0 Å². The number of likely N-dealkylation sites (tertiary alicyclic amines) is 1. The number of carbonyl (C=O) groups excluding carboxylic acids is 1. The minimum atomic E-state index is 0.0529. The molecule has 3 rings (SSSR count). The summed E-state index contributed by atoms with van der Waals surface area (Å²) in [6.45, 7) is 4.84. The molecule has 1 fully saturated rings. The van der Waals surface area contributed by atoms with Crippen molar-refractivity contribution in [2.75, 3.05) is 13.1 Å². The second-order valence-corrected chi connectivity index (χ2v) is 6.51. The molecule has 0 unspecified atom stereocenters. The molecular formula is C19H26N4O. The molecule has 2 heterocycles. The molecule has 0 aliphatic carbocycles. The van der Waals surface area contributed by atoms with Gasteiger partial charge in [-0.15, -0.1) is 0 Å². The fourth-order valence-electron chi connectivity index (χ4n) is 3.40. The molecule has 5 nitrogen and oxygen atoms in total. The summed E-state index contributed by atoms with van der Waals surface area (Å²) < 4.78 is 1.99. The number of amides is 1. The highest BCUT2D eigenvalue weighted by atomic mass is 16.1. The topological polar surface area (TPSA) is 50.2 Å². The third-order valence-corrected chi connectivity index (χ3v) is 4.76. The molecule has 24 heavy (non-hydrogen) atoms. The van der Waals surface area contributed by atoms with Crippen LogP contribution in [0.25, 0.3) is 0 Å². The van der Waals surface area contributed by atoms with E-state index in [4.69, 9.17) is 0 Å². The maximum atomic E-state index is 12.3. The van der Waals surface area contributed by atoms with E-state index in [1.807, 2.05) is 60.4 Å². The highest BCUT2D eigenvalue weighted by Crippen LogP contribution is 2.19. The normalized spacial score (nSPS) is 19.3. The predicted molar refractivity (Wildman–Crippen MR) is 94.4 cm³/mol. The Morgan fingerprint density at radius 1 is 1.33 bits per heavy atom. The van der Waals surface area contributed by atoms with Crippen LogP contribution in [-0.2, 0) is 11.3 Å². The van der Waals surface area contributed by atoms with Crippen LogP contribution in [0.3, 0.4) is 0 Å². The van der Waals surface area contributed by atoms with E-state index < -0.39 is 0 Å². The summed E-state index contributed by atoms with van der Waals surface area (Å²) >= 11 is 0. The van der Waals surface area contributed by atoms with E-state index in [-0.39, 0.29) is 11.9 Å². The van der Waals surface area contributed by atoms with Crippen LogP contribution in [-0.4, -0.2) is 39.7 Å². The van der Waals surface area contributed by atoms with E-state index in [0.29, 0.717) is 12.5 Å². The first kappa shape index (κ1) is 16.7. The van der Waals surface area contributed by atoms with Gasteiger partial charge in [-0.05, 0) is 37.9 Å². The van der Waals surface area contributed by atoms with Crippen molar-refractivity contribution in [2.45, 2.75) is 44.8 Å². The molecule has 1 saturated heterocycles. The molecule has 2 atom stereocenters. The van der Waals surface area contributed by atoms with Crippen molar-refractivity contribution in [3.8, 4) is 0 Å². The standard InChI is InChI=1S/C19H26N4O/c1-16(17-7-3-2-4-8-17)21-19(24)10-14-22-12-5-9-18(22)15-23-13-6-11-20-23/h2-4,6-8,11,13,16,18H,5,9-10,12,14-15H2,1H3,(H,21,24)/t16-,18-/m1/s1. The lowest BCUT2D eigenvalue weighted by atomic mass is 10.1. The van der Waals surface area contributed by atoms with Crippen LogP contribution in [0.1, 0.15) is 37.8 Å². The van der Waals surface area contributed by atoms with Gasteiger partial charge in [0.1, 0.15) is 0 Å². The summed E-state index contributed by atoms with van der Waals surface area (Å²) in [4.78, 5) is 14.7. The van der Waals surface area contributed by atoms with E-state index in [1.54, 1.807) is 0 Å². The molecule has 1 aromatic carbocycles. The zero-order valence-electron chi connectivity index (χ0n) is 14.3. The van der Waals surface area contributed by atoms with E-state index in [1.165, 1.54) is 12.8 Å². The Morgan fingerprint density at radius 2 is 2.17 bits per heavy atom. The number of rotatable bonds is 7. The molecule has 1 amide bonds. The second-order valence-electron chi connectivity index (χ2n) is 6.51. The quantitative estimate of drug-likeness (QED) is 0.851. The lowest BCUT2D eigenvalue weighted by Gasteiger charge is -2.24. The van der Waals surface area contributed by atoms with E-state index in [9.17, 15) is 4.79 Å².